The van der Waals surface area contributed by atoms with Crippen molar-refractivity contribution in [3.63, 3.8) is 0 Å². The second-order valence-corrected chi connectivity index (χ2v) is 6.00. The molecule has 0 spiro atoms. The number of carbonyl (C=O) groups excluding carboxylic acids is 1. The molecule has 0 radical (unpaired) electrons. The number of rotatable bonds is 7. The van der Waals surface area contributed by atoms with Gasteiger partial charge in [-0.25, -0.2) is 0 Å². The summed E-state index contributed by atoms with van der Waals surface area (Å²) in [7, 11) is 1.65. The highest BCUT2D eigenvalue weighted by Gasteiger charge is 2.18. The fourth-order valence-electron chi connectivity index (χ4n) is 2.61. The van der Waals surface area contributed by atoms with Crippen LogP contribution in [-0.4, -0.2) is 19.4 Å². The third-order valence-electron chi connectivity index (χ3n) is 3.65. The lowest BCUT2D eigenvalue weighted by Gasteiger charge is -2.17. The zero-order valence-corrected chi connectivity index (χ0v) is 13.3. The van der Waals surface area contributed by atoms with Crippen LogP contribution in [0.2, 0.25) is 0 Å². The summed E-state index contributed by atoms with van der Waals surface area (Å²) in [6.07, 6.45) is 1.53. The van der Waals surface area contributed by atoms with Gasteiger partial charge in [-0.15, -0.1) is 0 Å². The van der Waals surface area contributed by atoms with Crippen LogP contribution in [0.15, 0.2) is 12.1 Å². The van der Waals surface area contributed by atoms with Gasteiger partial charge in [0.15, 0.2) is 5.78 Å². The van der Waals surface area contributed by atoms with Crippen LogP contribution >= 0.6 is 0 Å². The number of ether oxygens (including phenoxy) is 1. The quantitative estimate of drug-likeness (QED) is 0.776. The molecule has 1 atom stereocenters. The number of ketones is 1. The van der Waals surface area contributed by atoms with E-state index in [1.54, 1.807) is 7.11 Å². The van der Waals surface area contributed by atoms with E-state index in [9.17, 15) is 4.79 Å². The minimum atomic E-state index is 0.185. The fourth-order valence-corrected chi connectivity index (χ4v) is 2.61. The number of nitrogens with two attached hydrogens (primary N) is 1. The van der Waals surface area contributed by atoms with Crippen molar-refractivity contribution in [2.45, 2.75) is 40.5 Å². The van der Waals surface area contributed by atoms with Gasteiger partial charge in [-0.2, -0.15) is 0 Å². The van der Waals surface area contributed by atoms with Gasteiger partial charge in [0.05, 0.1) is 7.11 Å². The Hall–Kier alpha value is -1.35. The Morgan fingerprint density at radius 1 is 1.25 bits per heavy atom. The summed E-state index contributed by atoms with van der Waals surface area (Å²) in [5, 5.41) is 0. The predicted molar refractivity (Wildman–Crippen MR) is 83.4 cm³/mol. The lowest BCUT2D eigenvalue weighted by atomic mass is 9.89. The maximum atomic E-state index is 12.5. The monoisotopic (exact) mass is 277 g/mol. The van der Waals surface area contributed by atoms with Crippen LogP contribution in [-0.2, 0) is 0 Å². The first kappa shape index (κ1) is 16.7. The number of benzene rings is 1. The number of Topliss-reactive ketones (excluding diaryl/α,β-unsaturated/α-hetero) is 1. The van der Waals surface area contributed by atoms with E-state index < -0.39 is 0 Å². The summed E-state index contributed by atoms with van der Waals surface area (Å²) in [6.45, 7) is 8.81. The Morgan fingerprint density at radius 2 is 1.90 bits per heavy atom. The zero-order chi connectivity index (χ0) is 15.3. The van der Waals surface area contributed by atoms with E-state index in [1.165, 1.54) is 0 Å². The lowest BCUT2D eigenvalue weighted by Crippen LogP contribution is -2.20. The Bertz CT molecular complexity index is 466. The highest BCUT2D eigenvalue weighted by molar-refractivity contribution is 5.98. The van der Waals surface area contributed by atoms with E-state index in [0.29, 0.717) is 18.9 Å². The second kappa shape index (κ2) is 7.44. The van der Waals surface area contributed by atoms with Crippen molar-refractivity contribution < 1.29 is 9.53 Å². The van der Waals surface area contributed by atoms with Crippen LogP contribution in [0.4, 0.5) is 0 Å². The van der Waals surface area contributed by atoms with Gasteiger partial charge in [-0.05, 0) is 61.9 Å². The maximum absolute atomic E-state index is 12.5. The van der Waals surface area contributed by atoms with Gasteiger partial charge in [0, 0.05) is 12.0 Å². The number of aryl methyl sites for hydroxylation is 2. The van der Waals surface area contributed by atoms with Crippen molar-refractivity contribution in [3.05, 3.63) is 28.8 Å². The molecular weight excluding hydrogens is 250 g/mol. The molecule has 0 amide bonds. The van der Waals surface area contributed by atoms with Gasteiger partial charge in [-0.3, -0.25) is 4.79 Å². The summed E-state index contributed by atoms with van der Waals surface area (Å²) < 4.78 is 5.28. The summed E-state index contributed by atoms with van der Waals surface area (Å²) in [5.74, 6) is 1.85. The van der Waals surface area contributed by atoms with E-state index in [-0.39, 0.29) is 11.7 Å². The largest absolute Gasteiger partial charge is 0.496 e. The Balaban J connectivity index is 2.89. The Labute approximate surface area is 122 Å². The number of hydrogen-bond donors (Lipinski definition) is 1. The van der Waals surface area contributed by atoms with Gasteiger partial charge in [0.25, 0.3) is 0 Å². The van der Waals surface area contributed by atoms with Gasteiger partial charge in [0.2, 0.25) is 0 Å². The van der Waals surface area contributed by atoms with Crippen LogP contribution < -0.4 is 10.5 Å². The SMILES string of the molecule is COc1cc(C)c(C(=O)CC(CN)CC(C)C)cc1C. The molecule has 0 heterocycles. The Morgan fingerprint density at radius 3 is 2.40 bits per heavy atom. The molecule has 0 aliphatic rings. The number of methoxy groups -OCH3 is 1. The first-order valence-electron chi connectivity index (χ1n) is 7.27. The smallest absolute Gasteiger partial charge is 0.163 e. The summed E-state index contributed by atoms with van der Waals surface area (Å²) in [6, 6.07) is 3.86. The number of hydrogen-bond acceptors (Lipinski definition) is 3. The van der Waals surface area contributed by atoms with Crippen LogP contribution in [0.25, 0.3) is 0 Å². The second-order valence-electron chi connectivity index (χ2n) is 6.00. The van der Waals surface area contributed by atoms with Gasteiger partial charge in [-0.1, -0.05) is 13.8 Å². The van der Waals surface area contributed by atoms with E-state index in [4.69, 9.17) is 10.5 Å². The van der Waals surface area contributed by atoms with Crippen molar-refractivity contribution in [1.29, 1.82) is 0 Å². The average molecular weight is 277 g/mol. The lowest BCUT2D eigenvalue weighted by molar-refractivity contribution is 0.0956. The van der Waals surface area contributed by atoms with Gasteiger partial charge < -0.3 is 10.5 Å². The highest BCUT2D eigenvalue weighted by atomic mass is 16.5. The van der Waals surface area contributed by atoms with Crippen LogP contribution in [0.5, 0.6) is 5.75 Å². The van der Waals surface area contributed by atoms with Crippen molar-refractivity contribution in [2.24, 2.45) is 17.6 Å². The van der Waals surface area contributed by atoms with E-state index in [2.05, 4.69) is 13.8 Å². The van der Waals surface area contributed by atoms with E-state index in [0.717, 1.165) is 28.9 Å². The van der Waals surface area contributed by atoms with Crippen molar-refractivity contribution in [1.82, 2.24) is 0 Å². The molecule has 0 bridgehead atoms. The minimum Gasteiger partial charge on any atom is -0.496 e. The van der Waals surface area contributed by atoms with E-state index >= 15 is 0 Å². The summed E-state index contributed by atoms with van der Waals surface area (Å²) in [4.78, 5) is 12.5. The maximum Gasteiger partial charge on any atom is 0.163 e. The Kier molecular flexibility index (Phi) is 6.21. The molecule has 0 aromatic heterocycles. The third kappa shape index (κ3) is 4.34. The van der Waals surface area contributed by atoms with Crippen molar-refractivity contribution >= 4 is 5.78 Å². The van der Waals surface area contributed by atoms with Crippen LogP contribution in [0, 0.1) is 25.7 Å². The molecule has 1 aromatic rings. The normalized spacial score (nSPS) is 12.6. The predicted octanol–water partition coefficient (Wildman–Crippen LogP) is 3.51. The first-order chi connectivity index (χ1) is 9.38. The standard InChI is InChI=1S/C17H27NO2/c1-11(2)6-14(10-18)9-16(19)15-7-13(4)17(20-5)8-12(15)3/h7-8,11,14H,6,9-10,18H2,1-5H3. The minimum absolute atomic E-state index is 0.185. The summed E-state index contributed by atoms with van der Waals surface area (Å²) >= 11 is 0. The van der Waals surface area contributed by atoms with Crippen LogP contribution in [0.1, 0.15) is 48.2 Å². The average Bonchev–Trinajstić information content (AvgIpc) is 2.39. The zero-order valence-electron chi connectivity index (χ0n) is 13.3. The molecular formula is C17H27NO2. The van der Waals surface area contributed by atoms with Crippen molar-refractivity contribution in [3.8, 4) is 5.75 Å². The molecule has 0 saturated carbocycles. The van der Waals surface area contributed by atoms with Crippen molar-refractivity contribution in [2.75, 3.05) is 13.7 Å². The van der Waals surface area contributed by atoms with Crippen LogP contribution in [0.3, 0.4) is 0 Å². The van der Waals surface area contributed by atoms with E-state index in [1.807, 2.05) is 26.0 Å². The molecule has 0 fully saturated rings. The third-order valence-corrected chi connectivity index (χ3v) is 3.65. The molecule has 1 aromatic carbocycles. The van der Waals surface area contributed by atoms with Gasteiger partial charge in [0.1, 0.15) is 5.75 Å². The molecule has 3 nitrogen and oxygen atoms in total. The summed E-state index contributed by atoms with van der Waals surface area (Å²) in [5.41, 5.74) is 8.55. The highest BCUT2D eigenvalue weighted by Crippen LogP contribution is 2.25. The molecule has 2 N–H and O–H groups in total. The first-order valence-corrected chi connectivity index (χ1v) is 7.27. The molecule has 0 aliphatic carbocycles. The molecule has 20 heavy (non-hydrogen) atoms. The number of carbonyl (C=O) groups is 1. The molecule has 1 unspecified atom stereocenters. The fraction of sp³-hybridized carbons (Fsp3) is 0.588. The van der Waals surface area contributed by atoms with Gasteiger partial charge >= 0.3 is 0 Å². The molecule has 1 rings (SSSR count). The molecule has 112 valence electrons. The topological polar surface area (TPSA) is 52.3 Å². The molecule has 0 aliphatic heterocycles. The molecule has 3 heteroatoms. The molecule has 0 saturated heterocycles.